The molecule has 3 nitrogen and oxygen atoms in total. The molecule has 0 saturated heterocycles. The molecule has 1 aliphatic carbocycles. The fourth-order valence-corrected chi connectivity index (χ4v) is 2.73. The first-order valence-electron chi connectivity index (χ1n) is 6.70. The lowest BCUT2D eigenvalue weighted by Crippen LogP contribution is -2.24. The Morgan fingerprint density at radius 2 is 1.86 bits per heavy atom. The summed E-state index contributed by atoms with van der Waals surface area (Å²) in [5.41, 5.74) is 4.18. The number of carbonyl (C=O) groups is 1. The lowest BCUT2D eigenvalue weighted by molar-refractivity contribution is -0.137. The summed E-state index contributed by atoms with van der Waals surface area (Å²) in [5.74, 6) is -1.04. The van der Waals surface area contributed by atoms with Crippen LogP contribution in [0.4, 0.5) is 13.2 Å². The Balaban J connectivity index is 2.48. The van der Waals surface area contributed by atoms with E-state index in [9.17, 15) is 18.0 Å². The number of hydrogen-bond donors (Lipinski definition) is 2. The average Bonchev–Trinajstić information content (AvgIpc) is 2.45. The number of carbonyl (C=O) groups excluding carboxylic acids is 1. The Hall–Kier alpha value is -1.82. The highest BCUT2D eigenvalue weighted by Gasteiger charge is 2.37. The summed E-state index contributed by atoms with van der Waals surface area (Å²) in [6, 6.07) is 3.11. The molecule has 118 valence electrons. The highest BCUT2D eigenvalue weighted by molar-refractivity contribution is 6.53. The fourth-order valence-electron chi connectivity index (χ4n) is 2.47. The highest BCUT2D eigenvalue weighted by atomic mass is 35.5. The minimum atomic E-state index is -4.72. The molecule has 1 aliphatic rings. The third kappa shape index (κ3) is 3.16. The number of hydrogen-bond acceptors (Lipinski definition) is 3. The number of allylic oxidation sites excluding steroid dienone is 2. The summed E-state index contributed by atoms with van der Waals surface area (Å²) in [7, 11) is 0. The number of alkyl halides is 3. The van der Waals surface area contributed by atoms with E-state index >= 15 is 0 Å². The molecule has 3 N–H and O–H groups in total. The second kappa shape index (κ2) is 6.12. The summed E-state index contributed by atoms with van der Waals surface area (Å²) in [6.07, 6.45) is -2.17. The van der Waals surface area contributed by atoms with Crippen LogP contribution in [-0.4, -0.2) is 11.5 Å². The number of benzene rings is 1. The lowest BCUT2D eigenvalue weighted by atomic mass is 9.88. The van der Waals surface area contributed by atoms with Gasteiger partial charge in [0.1, 0.15) is 5.71 Å². The van der Waals surface area contributed by atoms with E-state index in [2.05, 4.69) is 0 Å². The molecule has 1 aromatic rings. The Bertz CT molecular complexity index is 665. The zero-order chi connectivity index (χ0) is 16.5. The molecule has 22 heavy (non-hydrogen) atoms. The smallest absolute Gasteiger partial charge is 0.402 e. The van der Waals surface area contributed by atoms with Gasteiger partial charge in [-0.15, -0.1) is 0 Å². The maximum absolute atomic E-state index is 13.1. The number of halogens is 4. The molecular formula is C15H14ClF3N2O. The van der Waals surface area contributed by atoms with Crippen molar-refractivity contribution in [2.75, 3.05) is 0 Å². The van der Waals surface area contributed by atoms with Gasteiger partial charge in [-0.05, 0) is 43.4 Å². The highest BCUT2D eigenvalue weighted by Crippen LogP contribution is 2.36. The van der Waals surface area contributed by atoms with Crippen LogP contribution in [0.3, 0.4) is 0 Å². The third-order valence-electron chi connectivity index (χ3n) is 3.59. The monoisotopic (exact) mass is 330 g/mol. The van der Waals surface area contributed by atoms with Gasteiger partial charge in [0.15, 0.2) is 0 Å². The molecule has 2 rings (SSSR count). The number of ketones is 1. The molecule has 0 unspecified atom stereocenters. The van der Waals surface area contributed by atoms with Gasteiger partial charge in [0.05, 0.1) is 16.1 Å². The van der Waals surface area contributed by atoms with Crippen molar-refractivity contribution >= 4 is 23.1 Å². The van der Waals surface area contributed by atoms with E-state index in [1.807, 2.05) is 0 Å². The quantitative estimate of drug-likeness (QED) is 0.639. The van der Waals surface area contributed by atoms with Crippen molar-refractivity contribution in [2.24, 2.45) is 5.73 Å². The number of nitrogens with two attached hydrogens (primary N) is 1. The standard InChI is InChI=1S/C15H14ClF3N2O/c16-10-6-3-5-9(15(17,18)19)12(10)14(22)13(21)8-4-1-2-7-11(8)20/h3,5-6,21H,1-2,4,7,20H2. The summed E-state index contributed by atoms with van der Waals surface area (Å²) in [6.45, 7) is 0. The van der Waals surface area contributed by atoms with E-state index in [4.69, 9.17) is 22.7 Å². The molecule has 0 spiro atoms. The topological polar surface area (TPSA) is 66.9 Å². The predicted molar refractivity (Wildman–Crippen MR) is 78.2 cm³/mol. The zero-order valence-electron chi connectivity index (χ0n) is 11.6. The molecule has 0 atom stereocenters. The Morgan fingerprint density at radius 1 is 1.23 bits per heavy atom. The van der Waals surface area contributed by atoms with Crippen molar-refractivity contribution in [3.8, 4) is 0 Å². The van der Waals surface area contributed by atoms with Crippen LogP contribution >= 0.6 is 11.6 Å². The molecule has 0 heterocycles. The fraction of sp³-hybridized carbons (Fsp3) is 0.333. The molecule has 0 aromatic heterocycles. The third-order valence-corrected chi connectivity index (χ3v) is 3.90. The first kappa shape index (κ1) is 16.5. The number of rotatable bonds is 3. The minimum Gasteiger partial charge on any atom is -0.402 e. The number of nitrogens with one attached hydrogen (secondary N) is 1. The maximum atomic E-state index is 13.1. The van der Waals surface area contributed by atoms with Crippen LogP contribution in [0, 0.1) is 5.41 Å². The zero-order valence-corrected chi connectivity index (χ0v) is 12.3. The summed E-state index contributed by atoms with van der Waals surface area (Å²) >= 11 is 5.78. The van der Waals surface area contributed by atoms with E-state index in [-0.39, 0.29) is 5.02 Å². The summed E-state index contributed by atoms with van der Waals surface area (Å²) < 4.78 is 39.2. The van der Waals surface area contributed by atoms with Gasteiger partial charge < -0.3 is 5.73 Å². The van der Waals surface area contributed by atoms with Crippen LogP contribution in [0.15, 0.2) is 29.5 Å². The van der Waals surface area contributed by atoms with Gasteiger partial charge in [0, 0.05) is 5.70 Å². The second-order valence-corrected chi connectivity index (χ2v) is 5.48. The van der Waals surface area contributed by atoms with Crippen molar-refractivity contribution in [3.63, 3.8) is 0 Å². The molecule has 0 aliphatic heterocycles. The minimum absolute atomic E-state index is 0.320. The van der Waals surface area contributed by atoms with E-state index < -0.39 is 28.8 Å². The van der Waals surface area contributed by atoms with Gasteiger partial charge in [-0.25, -0.2) is 0 Å². The van der Waals surface area contributed by atoms with Crippen LogP contribution in [0.1, 0.15) is 41.6 Å². The molecule has 0 radical (unpaired) electrons. The molecule has 1 aromatic carbocycles. The molecular weight excluding hydrogens is 317 g/mol. The summed E-state index contributed by atoms with van der Waals surface area (Å²) in [5, 5.41) is 7.62. The molecule has 0 bridgehead atoms. The van der Waals surface area contributed by atoms with Gasteiger partial charge in [0.2, 0.25) is 5.78 Å². The van der Waals surface area contributed by atoms with E-state index in [0.717, 1.165) is 25.0 Å². The van der Waals surface area contributed by atoms with Crippen molar-refractivity contribution in [3.05, 3.63) is 45.6 Å². The van der Waals surface area contributed by atoms with E-state index in [1.165, 1.54) is 6.07 Å². The SMILES string of the molecule is N=C(C(=O)c1c(Cl)cccc1C(F)(F)F)C1=C(N)CCCC1. The van der Waals surface area contributed by atoms with Crippen molar-refractivity contribution in [2.45, 2.75) is 31.9 Å². The van der Waals surface area contributed by atoms with Gasteiger partial charge in [-0.2, -0.15) is 13.2 Å². The van der Waals surface area contributed by atoms with Crippen LogP contribution in [0.2, 0.25) is 5.02 Å². The van der Waals surface area contributed by atoms with E-state index in [1.54, 1.807) is 0 Å². The van der Waals surface area contributed by atoms with Crippen LogP contribution in [-0.2, 0) is 6.18 Å². The Kier molecular flexibility index (Phi) is 4.60. The van der Waals surface area contributed by atoms with Crippen LogP contribution in [0.25, 0.3) is 0 Å². The second-order valence-electron chi connectivity index (χ2n) is 5.08. The van der Waals surface area contributed by atoms with Gasteiger partial charge in [0.25, 0.3) is 0 Å². The van der Waals surface area contributed by atoms with Gasteiger partial charge >= 0.3 is 6.18 Å². The van der Waals surface area contributed by atoms with Crippen LogP contribution < -0.4 is 5.73 Å². The Labute approximate surface area is 130 Å². The first-order chi connectivity index (χ1) is 10.2. The molecule has 0 amide bonds. The largest absolute Gasteiger partial charge is 0.417 e. The average molecular weight is 331 g/mol. The molecule has 7 heteroatoms. The molecule has 0 saturated carbocycles. The Morgan fingerprint density at radius 3 is 2.45 bits per heavy atom. The summed E-state index contributed by atoms with van der Waals surface area (Å²) in [4.78, 5) is 12.4. The van der Waals surface area contributed by atoms with Crippen molar-refractivity contribution < 1.29 is 18.0 Å². The first-order valence-corrected chi connectivity index (χ1v) is 7.08. The maximum Gasteiger partial charge on any atom is 0.417 e. The van der Waals surface area contributed by atoms with Crippen molar-refractivity contribution in [1.82, 2.24) is 0 Å². The molecule has 0 fully saturated rings. The van der Waals surface area contributed by atoms with Gasteiger partial charge in [-0.3, -0.25) is 10.2 Å². The van der Waals surface area contributed by atoms with E-state index in [0.29, 0.717) is 24.1 Å². The normalized spacial score (nSPS) is 15.8. The van der Waals surface area contributed by atoms with Crippen molar-refractivity contribution in [1.29, 1.82) is 5.41 Å². The number of Topliss-reactive ketones (excluding diaryl/α,β-unsaturated/α-hetero) is 1. The van der Waals surface area contributed by atoms with Crippen LogP contribution in [0.5, 0.6) is 0 Å². The van der Waals surface area contributed by atoms with Gasteiger partial charge in [-0.1, -0.05) is 17.7 Å². The predicted octanol–water partition coefficient (Wildman–Crippen LogP) is 4.35. The lowest BCUT2D eigenvalue weighted by Gasteiger charge is -2.19.